The molecule has 0 aliphatic heterocycles. The molecule has 2 saturated carbocycles. The maximum Gasteiger partial charge on any atom is 0.355 e. The first-order valence-electron chi connectivity index (χ1n) is 14.4. The molecule has 2 aliphatic carbocycles. The molecule has 12 heteroatoms. The van der Waals surface area contributed by atoms with E-state index in [0.717, 1.165) is 33.7 Å². The highest BCUT2D eigenvalue weighted by molar-refractivity contribution is 7.89. The van der Waals surface area contributed by atoms with Crippen LogP contribution in [0.25, 0.3) is 16.4 Å². The molecule has 2 fully saturated rings. The lowest BCUT2D eigenvalue weighted by Crippen LogP contribution is -2.14. The molecule has 3 heterocycles. The Morgan fingerprint density at radius 3 is 2.64 bits per heavy atom. The van der Waals surface area contributed by atoms with Gasteiger partial charge in [-0.25, -0.2) is 32.4 Å². The summed E-state index contributed by atoms with van der Waals surface area (Å²) >= 11 is 2.83. The van der Waals surface area contributed by atoms with Gasteiger partial charge in [-0.15, -0.1) is 22.7 Å². The van der Waals surface area contributed by atoms with Crippen molar-refractivity contribution in [1.29, 1.82) is 0 Å². The smallest absolute Gasteiger partial charge is 0.355 e. The number of hydrogen-bond acceptors (Lipinski definition) is 7. The van der Waals surface area contributed by atoms with Crippen LogP contribution in [-0.4, -0.2) is 34.3 Å². The highest BCUT2D eigenvalue weighted by atomic mass is 32.2. The lowest BCUT2D eigenvalue weighted by molar-refractivity contribution is 0.0691. The number of aromatic carboxylic acids is 1. The summed E-state index contributed by atoms with van der Waals surface area (Å²) in [5, 5.41) is 21.8. The number of benzene rings is 2. The topological polar surface area (TPSA) is 128 Å². The Morgan fingerprint density at radius 1 is 1.16 bits per heavy atom. The van der Waals surface area contributed by atoms with Gasteiger partial charge < -0.3 is 5.11 Å². The van der Waals surface area contributed by atoms with Crippen LogP contribution in [0.2, 0.25) is 0 Å². The van der Waals surface area contributed by atoms with E-state index < -0.39 is 26.7 Å². The molecule has 228 valence electrons. The molecule has 3 N–H and O–H groups in total. The van der Waals surface area contributed by atoms with Crippen molar-refractivity contribution in [3.05, 3.63) is 104 Å². The first-order valence-corrected chi connectivity index (χ1v) is 17.6. The third-order valence-electron chi connectivity index (χ3n) is 8.22. The monoisotopic (exact) mass is 658 g/mol. The van der Waals surface area contributed by atoms with Gasteiger partial charge in [0, 0.05) is 39.3 Å². The van der Waals surface area contributed by atoms with Crippen LogP contribution in [0.5, 0.6) is 0 Å². The second-order valence-corrected chi connectivity index (χ2v) is 15.2. The Bertz CT molecular complexity index is 2150. The van der Waals surface area contributed by atoms with Crippen LogP contribution in [0.3, 0.4) is 0 Å². The van der Waals surface area contributed by atoms with Crippen molar-refractivity contribution in [2.24, 2.45) is 17.0 Å². The predicted molar refractivity (Wildman–Crippen MR) is 171 cm³/mol. The number of rotatable bonds is 8. The summed E-state index contributed by atoms with van der Waals surface area (Å²) in [5.74, 6) is 5.75. The molecule has 0 radical (unpaired) electrons. The number of aromatic nitrogens is 3. The summed E-state index contributed by atoms with van der Waals surface area (Å²) < 4.78 is 40.5. The second kappa shape index (κ2) is 11.3. The Kier molecular flexibility index (Phi) is 7.44. The van der Waals surface area contributed by atoms with Crippen LogP contribution in [0.1, 0.15) is 67.8 Å². The number of nitrogens with zero attached hydrogens (tertiary/aromatic N) is 3. The van der Waals surface area contributed by atoms with Crippen molar-refractivity contribution < 1.29 is 22.7 Å². The van der Waals surface area contributed by atoms with E-state index in [1.807, 2.05) is 43.3 Å². The molecule has 0 bridgehead atoms. The van der Waals surface area contributed by atoms with E-state index >= 15 is 0 Å². The van der Waals surface area contributed by atoms with Gasteiger partial charge in [0.2, 0.25) is 15.2 Å². The van der Waals surface area contributed by atoms with Crippen LogP contribution in [0, 0.1) is 36.4 Å². The number of sulfonamides is 1. The average Bonchev–Trinajstić information content (AvgIpc) is 3.85. The van der Waals surface area contributed by atoms with Crippen molar-refractivity contribution in [2.45, 2.75) is 43.4 Å². The van der Waals surface area contributed by atoms with E-state index in [1.165, 1.54) is 46.6 Å². The van der Waals surface area contributed by atoms with Crippen LogP contribution in [-0.2, 0) is 16.4 Å². The second-order valence-electron chi connectivity index (χ2n) is 11.5. The zero-order valence-electron chi connectivity index (χ0n) is 24.0. The van der Waals surface area contributed by atoms with Crippen LogP contribution < -0.4 is 5.14 Å². The fourth-order valence-electron chi connectivity index (χ4n) is 5.90. The van der Waals surface area contributed by atoms with E-state index in [1.54, 1.807) is 22.1 Å². The van der Waals surface area contributed by atoms with Crippen molar-refractivity contribution in [1.82, 2.24) is 14.8 Å². The van der Waals surface area contributed by atoms with Gasteiger partial charge in [-0.3, -0.25) is 0 Å². The Balaban J connectivity index is 1.38. The minimum Gasteiger partial charge on any atom is -0.476 e. The molecule has 2 aliphatic rings. The first kappa shape index (κ1) is 29.6. The molecule has 2 aromatic carbocycles. The maximum absolute atomic E-state index is 15.0. The van der Waals surface area contributed by atoms with Gasteiger partial charge >= 0.3 is 5.97 Å². The van der Waals surface area contributed by atoms with E-state index in [2.05, 4.69) is 16.8 Å². The summed E-state index contributed by atoms with van der Waals surface area (Å²) in [4.78, 5) is 17.7. The summed E-state index contributed by atoms with van der Waals surface area (Å²) in [6.07, 6.45) is 3.61. The van der Waals surface area contributed by atoms with Crippen molar-refractivity contribution >= 4 is 38.7 Å². The van der Waals surface area contributed by atoms with Gasteiger partial charge in [-0.05, 0) is 80.0 Å². The minimum atomic E-state index is -4.22. The quantitative estimate of drug-likeness (QED) is 0.187. The minimum absolute atomic E-state index is 0.0594. The Labute approximate surface area is 267 Å². The summed E-state index contributed by atoms with van der Waals surface area (Å²) in [6, 6.07) is 15.7. The molecule has 0 amide bonds. The fraction of sp³-hybridized carbons (Fsp3) is 0.242. The molecule has 2 atom stereocenters. The maximum atomic E-state index is 15.0. The summed E-state index contributed by atoms with van der Waals surface area (Å²) in [6.45, 7) is 2.04. The number of primary sulfonamides is 1. The standard InChI is InChI=1S/C33H27FN4O4S3/c1-18-5-10-23(44-18)11-6-19-3-2-4-22(13-19)30-26(14-20-7-12-29(27(34)15-20)45(35,41)42)31(25-16-24(25)21-8-9-21)38(37-30)33-36-28(17-43-33)32(39)40/h2-5,7,10,12-13,15,17,21,24-25H,8-9,14,16H2,1H3,(H,39,40)(H2,35,41,42). The number of carbonyl (C=O) groups is 1. The lowest BCUT2D eigenvalue weighted by Gasteiger charge is -2.10. The Hall–Kier alpha value is -4.15. The van der Waals surface area contributed by atoms with Crippen LogP contribution in [0.4, 0.5) is 4.39 Å². The van der Waals surface area contributed by atoms with Gasteiger partial charge in [-0.2, -0.15) is 5.10 Å². The summed E-state index contributed by atoms with van der Waals surface area (Å²) in [7, 11) is -4.22. The van der Waals surface area contributed by atoms with Crippen LogP contribution >= 0.6 is 22.7 Å². The molecule has 3 aromatic heterocycles. The zero-order valence-corrected chi connectivity index (χ0v) is 26.5. The highest BCUT2D eigenvalue weighted by Crippen LogP contribution is 2.60. The van der Waals surface area contributed by atoms with Gasteiger partial charge in [0.1, 0.15) is 10.7 Å². The van der Waals surface area contributed by atoms with E-state index in [-0.39, 0.29) is 18.0 Å². The fourth-order valence-corrected chi connectivity index (χ4v) is 7.97. The average molecular weight is 659 g/mol. The van der Waals surface area contributed by atoms with E-state index in [0.29, 0.717) is 28.2 Å². The van der Waals surface area contributed by atoms with Gasteiger partial charge in [0.15, 0.2) is 5.69 Å². The van der Waals surface area contributed by atoms with Crippen molar-refractivity contribution in [3.8, 4) is 28.2 Å². The van der Waals surface area contributed by atoms with E-state index in [9.17, 15) is 22.7 Å². The number of nitrogens with two attached hydrogens (primary N) is 1. The van der Waals surface area contributed by atoms with Gasteiger partial charge in [0.05, 0.1) is 16.3 Å². The summed E-state index contributed by atoms with van der Waals surface area (Å²) in [5.41, 5.74) is 4.54. The molecule has 5 aromatic rings. The predicted octanol–water partition coefficient (Wildman–Crippen LogP) is 6.35. The van der Waals surface area contributed by atoms with Gasteiger partial charge in [0.25, 0.3) is 0 Å². The zero-order chi connectivity index (χ0) is 31.5. The normalized spacial score (nSPS) is 17.6. The molecule has 8 nitrogen and oxygen atoms in total. The molecule has 7 rings (SSSR count). The molecule has 0 saturated heterocycles. The number of thiophene rings is 1. The third kappa shape index (κ3) is 6.09. The number of carboxylic acids is 1. The number of hydrogen-bond donors (Lipinski definition) is 2. The third-order valence-corrected chi connectivity index (χ3v) is 10.9. The molecule has 2 unspecified atom stereocenters. The number of thiazole rings is 1. The number of carboxylic acid groups (broad SMARTS) is 1. The molecule has 0 spiro atoms. The Morgan fingerprint density at radius 2 is 1.98 bits per heavy atom. The molecular weight excluding hydrogens is 632 g/mol. The van der Waals surface area contributed by atoms with E-state index in [4.69, 9.17) is 10.2 Å². The first-order chi connectivity index (χ1) is 21.5. The number of aryl methyl sites for hydroxylation is 1. The molecule has 45 heavy (non-hydrogen) atoms. The largest absolute Gasteiger partial charge is 0.476 e. The van der Waals surface area contributed by atoms with Crippen molar-refractivity contribution in [3.63, 3.8) is 0 Å². The number of halogens is 1. The van der Waals surface area contributed by atoms with Crippen LogP contribution in [0.15, 0.2) is 64.9 Å². The van der Waals surface area contributed by atoms with Gasteiger partial charge in [-0.1, -0.05) is 30.0 Å². The highest BCUT2D eigenvalue weighted by Gasteiger charge is 2.51. The lowest BCUT2D eigenvalue weighted by atomic mass is 9.95. The molecular formula is C33H27FN4O4S3. The van der Waals surface area contributed by atoms with Crippen molar-refractivity contribution in [2.75, 3.05) is 0 Å². The SMILES string of the molecule is Cc1ccc(C#Cc2cccc(-c3nn(-c4nc(C(=O)O)cs4)c(C4CC4C4CC4)c3Cc3ccc(S(N)(=O)=O)c(F)c3)c2)s1.